The smallest absolute Gasteiger partial charge is 0.257 e. The van der Waals surface area contributed by atoms with E-state index in [0.29, 0.717) is 24.1 Å². The highest BCUT2D eigenvalue weighted by Gasteiger charge is 2.29. The topological polar surface area (TPSA) is 66.5 Å². The van der Waals surface area contributed by atoms with Crippen LogP contribution in [0.4, 0.5) is 4.39 Å². The van der Waals surface area contributed by atoms with Crippen molar-refractivity contribution in [1.29, 1.82) is 0 Å². The molecule has 5 nitrogen and oxygen atoms in total. The van der Waals surface area contributed by atoms with Crippen molar-refractivity contribution in [2.24, 2.45) is 0 Å². The van der Waals surface area contributed by atoms with Gasteiger partial charge >= 0.3 is 0 Å². The second-order valence-electron chi connectivity index (χ2n) is 5.09. The Balaban J connectivity index is 2.49. The summed E-state index contributed by atoms with van der Waals surface area (Å²) in [6.07, 6.45) is 0.916. The van der Waals surface area contributed by atoms with Crippen molar-refractivity contribution in [1.82, 2.24) is 10.2 Å². The second kappa shape index (κ2) is 6.02. The Morgan fingerprint density at radius 3 is 2.71 bits per heavy atom. The summed E-state index contributed by atoms with van der Waals surface area (Å²) in [5, 5.41) is 3.14. The first-order chi connectivity index (χ1) is 9.71. The van der Waals surface area contributed by atoms with Gasteiger partial charge in [0.25, 0.3) is 5.91 Å². The number of hydrogen-bond donors (Lipinski definition) is 1. The van der Waals surface area contributed by atoms with Crippen LogP contribution < -0.4 is 5.32 Å². The van der Waals surface area contributed by atoms with Crippen LogP contribution in [0.3, 0.4) is 0 Å². The fourth-order valence-corrected chi connectivity index (χ4v) is 3.67. The average molecular weight is 379 g/mol. The normalized spacial score (nSPS) is 19.6. The quantitative estimate of drug-likeness (QED) is 0.844. The van der Waals surface area contributed by atoms with Gasteiger partial charge in [0, 0.05) is 36.4 Å². The fourth-order valence-electron chi connectivity index (χ4n) is 2.29. The van der Waals surface area contributed by atoms with Gasteiger partial charge in [0.15, 0.2) is 15.7 Å². The number of piperazine rings is 1. The molecule has 116 valence electrons. The van der Waals surface area contributed by atoms with Crippen LogP contribution >= 0.6 is 15.9 Å². The van der Waals surface area contributed by atoms with Crippen molar-refractivity contribution in [3.8, 4) is 0 Å². The molecule has 21 heavy (non-hydrogen) atoms. The molecule has 1 fully saturated rings. The van der Waals surface area contributed by atoms with E-state index in [1.54, 1.807) is 4.90 Å². The van der Waals surface area contributed by atoms with Crippen molar-refractivity contribution in [3.63, 3.8) is 0 Å². The monoisotopic (exact) mass is 378 g/mol. The van der Waals surface area contributed by atoms with Crippen molar-refractivity contribution in [2.75, 3.05) is 25.9 Å². The number of carbonyl (C=O) groups excluding carboxylic acids is 1. The van der Waals surface area contributed by atoms with Crippen LogP contribution in [0.5, 0.6) is 0 Å². The molecule has 1 aliphatic rings. The molecule has 0 aromatic heterocycles. The van der Waals surface area contributed by atoms with E-state index in [2.05, 4.69) is 21.2 Å². The molecule has 0 bridgehead atoms. The third kappa shape index (κ3) is 3.44. The van der Waals surface area contributed by atoms with Crippen LogP contribution in [0.1, 0.15) is 17.3 Å². The van der Waals surface area contributed by atoms with Gasteiger partial charge in [-0.25, -0.2) is 12.8 Å². The number of amides is 1. The number of nitrogens with zero attached hydrogens (tertiary/aromatic N) is 1. The number of hydrogen-bond acceptors (Lipinski definition) is 4. The standard InChI is InChI=1S/C13H16BrFN2O3S/c1-8-7-16-3-4-17(8)13(18)10-5-9(14)6-11(12(10)15)21(2,19)20/h5-6,8,16H,3-4,7H2,1-2H3/t8-/m0/s1. The molecule has 0 unspecified atom stereocenters. The van der Waals surface area contributed by atoms with Crippen molar-refractivity contribution in [2.45, 2.75) is 17.9 Å². The lowest BCUT2D eigenvalue weighted by Gasteiger charge is -2.34. The Morgan fingerprint density at radius 1 is 1.48 bits per heavy atom. The highest BCUT2D eigenvalue weighted by Crippen LogP contribution is 2.25. The Labute approximate surface area is 131 Å². The highest BCUT2D eigenvalue weighted by atomic mass is 79.9. The minimum atomic E-state index is -3.74. The molecule has 0 spiro atoms. The first-order valence-electron chi connectivity index (χ1n) is 6.42. The molecule has 1 aromatic carbocycles. The Kier molecular flexibility index (Phi) is 4.69. The Hall–Kier alpha value is -0.990. The molecular weight excluding hydrogens is 363 g/mol. The zero-order chi connectivity index (χ0) is 15.8. The summed E-state index contributed by atoms with van der Waals surface area (Å²) in [6, 6.07) is 2.41. The second-order valence-corrected chi connectivity index (χ2v) is 7.99. The molecule has 1 saturated heterocycles. The highest BCUT2D eigenvalue weighted by molar-refractivity contribution is 9.10. The fraction of sp³-hybridized carbons (Fsp3) is 0.462. The molecule has 1 aliphatic heterocycles. The average Bonchev–Trinajstić information content (AvgIpc) is 2.39. The number of benzene rings is 1. The summed E-state index contributed by atoms with van der Waals surface area (Å²) in [5.41, 5.74) is -0.224. The summed E-state index contributed by atoms with van der Waals surface area (Å²) in [5.74, 6) is -1.48. The maximum absolute atomic E-state index is 14.4. The summed E-state index contributed by atoms with van der Waals surface area (Å²) in [6.45, 7) is 3.57. The van der Waals surface area contributed by atoms with Crippen LogP contribution in [0.15, 0.2) is 21.5 Å². The van der Waals surface area contributed by atoms with Gasteiger partial charge in [0.1, 0.15) is 4.90 Å². The third-order valence-electron chi connectivity index (χ3n) is 3.40. The molecule has 0 saturated carbocycles. The zero-order valence-corrected chi connectivity index (χ0v) is 14.1. The van der Waals surface area contributed by atoms with E-state index in [-0.39, 0.29) is 11.6 Å². The number of rotatable bonds is 2. The zero-order valence-electron chi connectivity index (χ0n) is 11.7. The lowest BCUT2D eigenvalue weighted by molar-refractivity contribution is 0.0650. The van der Waals surface area contributed by atoms with Crippen LogP contribution in [0, 0.1) is 5.82 Å². The van der Waals surface area contributed by atoms with Crippen LogP contribution in [-0.2, 0) is 9.84 Å². The van der Waals surface area contributed by atoms with Gasteiger partial charge < -0.3 is 10.2 Å². The lowest BCUT2D eigenvalue weighted by atomic mass is 10.1. The van der Waals surface area contributed by atoms with Crippen molar-refractivity contribution < 1.29 is 17.6 Å². The molecule has 1 aromatic rings. The summed E-state index contributed by atoms with van der Waals surface area (Å²) < 4.78 is 38.0. The molecular formula is C13H16BrFN2O3S. The Bertz CT molecular complexity index is 678. The number of nitrogens with one attached hydrogen (secondary N) is 1. The van der Waals surface area contributed by atoms with Gasteiger partial charge in [-0.3, -0.25) is 4.79 Å². The van der Waals surface area contributed by atoms with Gasteiger partial charge in [-0.05, 0) is 19.1 Å². The Morgan fingerprint density at radius 2 is 2.14 bits per heavy atom. The molecule has 1 amide bonds. The van der Waals surface area contributed by atoms with Crippen LogP contribution in [0.25, 0.3) is 0 Å². The van der Waals surface area contributed by atoms with E-state index in [0.717, 1.165) is 6.26 Å². The predicted octanol–water partition coefficient (Wildman–Crippen LogP) is 1.43. The van der Waals surface area contributed by atoms with Gasteiger partial charge in [0.05, 0.1) is 5.56 Å². The van der Waals surface area contributed by atoms with E-state index in [1.807, 2.05) is 6.92 Å². The number of sulfone groups is 1. The SMILES string of the molecule is C[C@H]1CNCCN1C(=O)c1cc(Br)cc(S(C)(=O)=O)c1F. The van der Waals surface area contributed by atoms with Gasteiger partial charge in [-0.15, -0.1) is 0 Å². The summed E-state index contributed by atoms with van der Waals surface area (Å²) in [7, 11) is -3.74. The molecule has 8 heteroatoms. The minimum absolute atomic E-state index is 0.0775. The predicted molar refractivity (Wildman–Crippen MR) is 80.6 cm³/mol. The largest absolute Gasteiger partial charge is 0.333 e. The van der Waals surface area contributed by atoms with Crippen molar-refractivity contribution >= 4 is 31.7 Å². The van der Waals surface area contributed by atoms with Crippen molar-refractivity contribution in [3.05, 3.63) is 28.0 Å². The molecule has 2 rings (SSSR count). The third-order valence-corrected chi connectivity index (χ3v) is 4.95. The van der Waals surface area contributed by atoms with Crippen LogP contribution in [-0.4, -0.2) is 51.2 Å². The van der Waals surface area contributed by atoms with Gasteiger partial charge in [0.2, 0.25) is 0 Å². The molecule has 1 atom stereocenters. The van der Waals surface area contributed by atoms with E-state index >= 15 is 0 Å². The number of halogens is 2. The summed E-state index contributed by atoms with van der Waals surface area (Å²) >= 11 is 3.13. The molecule has 0 radical (unpaired) electrons. The van der Waals surface area contributed by atoms with Gasteiger partial charge in [-0.2, -0.15) is 0 Å². The minimum Gasteiger partial charge on any atom is -0.333 e. The molecule has 1 N–H and O–H groups in total. The molecule has 0 aliphatic carbocycles. The maximum atomic E-state index is 14.4. The van der Waals surface area contributed by atoms with E-state index in [9.17, 15) is 17.6 Å². The summed E-state index contributed by atoms with van der Waals surface area (Å²) in [4.78, 5) is 13.6. The van der Waals surface area contributed by atoms with E-state index < -0.39 is 26.5 Å². The molecule has 1 heterocycles. The first-order valence-corrected chi connectivity index (χ1v) is 9.11. The van der Waals surface area contributed by atoms with E-state index in [1.165, 1.54) is 12.1 Å². The lowest BCUT2D eigenvalue weighted by Crippen LogP contribution is -2.52. The number of carbonyl (C=O) groups is 1. The van der Waals surface area contributed by atoms with E-state index in [4.69, 9.17) is 0 Å². The first kappa shape index (κ1) is 16.4. The van der Waals surface area contributed by atoms with Crippen LogP contribution in [0.2, 0.25) is 0 Å². The maximum Gasteiger partial charge on any atom is 0.257 e. The van der Waals surface area contributed by atoms with Gasteiger partial charge in [-0.1, -0.05) is 15.9 Å².